The van der Waals surface area contributed by atoms with Crippen LogP contribution in [0.25, 0.3) is 0 Å². The highest BCUT2D eigenvalue weighted by Gasteiger charge is 2.25. The van der Waals surface area contributed by atoms with Crippen molar-refractivity contribution in [2.75, 3.05) is 18.7 Å². The number of hydrogen-bond acceptors (Lipinski definition) is 5. The predicted octanol–water partition coefficient (Wildman–Crippen LogP) is 1.67. The van der Waals surface area contributed by atoms with Gasteiger partial charge in [-0.1, -0.05) is 0 Å². The van der Waals surface area contributed by atoms with Crippen LogP contribution in [0.1, 0.15) is 24.5 Å². The van der Waals surface area contributed by atoms with Gasteiger partial charge in [-0.15, -0.1) is 0 Å². The molecule has 8 nitrogen and oxygen atoms in total. The zero-order valence-corrected chi connectivity index (χ0v) is 13.5. The first-order valence-electron chi connectivity index (χ1n) is 8.21. The molecule has 25 heavy (non-hydrogen) atoms. The molecule has 1 fully saturated rings. The lowest BCUT2D eigenvalue weighted by Crippen LogP contribution is -2.34. The number of ether oxygens (including phenoxy) is 2. The molecule has 8 heteroatoms. The lowest BCUT2D eigenvalue weighted by molar-refractivity contribution is 0.174. The van der Waals surface area contributed by atoms with Crippen molar-refractivity contribution in [2.45, 2.75) is 25.3 Å². The molecule has 0 saturated heterocycles. The Morgan fingerprint density at radius 2 is 2.04 bits per heavy atom. The third-order valence-electron chi connectivity index (χ3n) is 4.12. The normalized spacial score (nSPS) is 15.0. The Labute approximate surface area is 143 Å². The minimum Gasteiger partial charge on any atom is -0.454 e. The van der Waals surface area contributed by atoms with Gasteiger partial charge in [0.2, 0.25) is 6.79 Å². The van der Waals surface area contributed by atoms with Gasteiger partial charge in [-0.25, -0.2) is 9.48 Å². The summed E-state index contributed by atoms with van der Waals surface area (Å²) < 4.78 is 11.9. The van der Waals surface area contributed by atoms with E-state index in [0.717, 1.165) is 18.5 Å². The number of carbonyl (C=O) groups excluding carboxylic acids is 1. The maximum absolute atomic E-state index is 12.0. The Morgan fingerprint density at radius 3 is 2.88 bits per heavy atom. The van der Waals surface area contributed by atoms with Gasteiger partial charge < -0.3 is 20.1 Å². The molecule has 4 rings (SSSR count). The Bertz CT molecular complexity index is 860. The largest absolute Gasteiger partial charge is 0.454 e. The molecule has 130 valence electrons. The SMILES string of the molecule is O=C(NCCn1nc(C2CC2)ccc1=O)Nc1ccc2c(c1)OCO2. The number of carbonyl (C=O) groups is 1. The molecule has 2 aliphatic rings. The zero-order chi connectivity index (χ0) is 17.2. The minimum absolute atomic E-state index is 0.164. The molecule has 2 amide bonds. The van der Waals surface area contributed by atoms with E-state index in [1.165, 1.54) is 10.7 Å². The minimum atomic E-state index is -0.356. The average Bonchev–Trinajstić information content (AvgIpc) is 3.34. The van der Waals surface area contributed by atoms with Crippen LogP contribution in [0, 0.1) is 0 Å². The lowest BCUT2D eigenvalue weighted by atomic mass is 10.3. The maximum atomic E-state index is 12.0. The van der Waals surface area contributed by atoms with E-state index < -0.39 is 0 Å². The van der Waals surface area contributed by atoms with Crippen LogP contribution in [0.3, 0.4) is 0 Å². The predicted molar refractivity (Wildman–Crippen MR) is 90.1 cm³/mol. The van der Waals surface area contributed by atoms with Gasteiger partial charge in [0.25, 0.3) is 5.56 Å². The molecule has 0 atom stereocenters. The van der Waals surface area contributed by atoms with Gasteiger partial charge in [0, 0.05) is 30.3 Å². The summed E-state index contributed by atoms with van der Waals surface area (Å²) in [7, 11) is 0. The van der Waals surface area contributed by atoms with E-state index in [1.54, 1.807) is 24.3 Å². The van der Waals surface area contributed by atoms with E-state index in [4.69, 9.17) is 9.47 Å². The van der Waals surface area contributed by atoms with Crippen molar-refractivity contribution in [3.63, 3.8) is 0 Å². The summed E-state index contributed by atoms with van der Waals surface area (Å²) in [6.45, 7) is 0.817. The van der Waals surface area contributed by atoms with Crippen LogP contribution in [0.2, 0.25) is 0 Å². The first kappa shape index (κ1) is 15.5. The summed E-state index contributed by atoms with van der Waals surface area (Å²) in [5.41, 5.74) is 1.39. The summed E-state index contributed by atoms with van der Waals surface area (Å²) >= 11 is 0. The van der Waals surface area contributed by atoms with Gasteiger partial charge in [0.15, 0.2) is 11.5 Å². The molecule has 2 heterocycles. The van der Waals surface area contributed by atoms with Crippen molar-refractivity contribution in [3.8, 4) is 11.5 Å². The summed E-state index contributed by atoms with van der Waals surface area (Å²) in [5.74, 6) is 1.74. The number of anilines is 1. The van der Waals surface area contributed by atoms with Crippen LogP contribution in [-0.2, 0) is 6.54 Å². The van der Waals surface area contributed by atoms with E-state index >= 15 is 0 Å². The summed E-state index contributed by atoms with van der Waals surface area (Å²) in [6, 6.07) is 8.14. The molecule has 0 radical (unpaired) electrons. The molecular formula is C17H18N4O4. The smallest absolute Gasteiger partial charge is 0.319 e. The van der Waals surface area contributed by atoms with Gasteiger partial charge in [0.05, 0.1) is 12.2 Å². The van der Waals surface area contributed by atoms with Crippen LogP contribution >= 0.6 is 0 Å². The van der Waals surface area contributed by atoms with Crippen molar-refractivity contribution in [3.05, 3.63) is 46.4 Å². The molecule has 2 N–H and O–H groups in total. The zero-order valence-electron chi connectivity index (χ0n) is 13.5. The number of urea groups is 1. The number of amides is 2. The van der Waals surface area contributed by atoms with Crippen molar-refractivity contribution in [2.24, 2.45) is 0 Å². The van der Waals surface area contributed by atoms with Gasteiger partial charge in [-0.3, -0.25) is 4.79 Å². The van der Waals surface area contributed by atoms with Gasteiger partial charge in [0.1, 0.15) is 0 Å². The van der Waals surface area contributed by atoms with Crippen LogP contribution in [0.4, 0.5) is 10.5 Å². The fourth-order valence-corrected chi connectivity index (χ4v) is 2.65. The summed E-state index contributed by atoms with van der Waals surface area (Å²) in [5, 5.41) is 9.79. The number of nitrogens with zero attached hydrogens (tertiary/aromatic N) is 2. The Kier molecular flexibility index (Phi) is 4.01. The Hall–Kier alpha value is -3.03. The molecule has 1 aliphatic carbocycles. The van der Waals surface area contributed by atoms with Gasteiger partial charge >= 0.3 is 6.03 Å². The maximum Gasteiger partial charge on any atom is 0.319 e. The summed E-state index contributed by atoms with van der Waals surface area (Å²) in [6.07, 6.45) is 2.25. The molecule has 1 aromatic heterocycles. The molecule has 0 spiro atoms. The van der Waals surface area contributed by atoms with Crippen molar-refractivity contribution < 1.29 is 14.3 Å². The van der Waals surface area contributed by atoms with Gasteiger partial charge in [-0.2, -0.15) is 5.10 Å². The van der Waals surface area contributed by atoms with E-state index in [9.17, 15) is 9.59 Å². The van der Waals surface area contributed by atoms with Crippen LogP contribution < -0.4 is 25.7 Å². The molecule has 0 bridgehead atoms. The van der Waals surface area contributed by atoms with E-state index in [1.807, 2.05) is 0 Å². The molecule has 1 saturated carbocycles. The number of aromatic nitrogens is 2. The van der Waals surface area contributed by atoms with Crippen LogP contribution in [0.5, 0.6) is 11.5 Å². The molecule has 2 aromatic rings. The standard InChI is InChI=1S/C17H18N4O4/c22-16-6-4-13(11-1-2-11)20-21(16)8-7-18-17(23)19-12-3-5-14-15(9-12)25-10-24-14/h3-6,9,11H,1-2,7-8,10H2,(H2,18,19,23). The number of fused-ring (bicyclic) bond motifs is 1. The summed E-state index contributed by atoms with van der Waals surface area (Å²) in [4.78, 5) is 23.8. The topological polar surface area (TPSA) is 94.5 Å². The highest BCUT2D eigenvalue weighted by Crippen LogP contribution is 2.38. The highest BCUT2D eigenvalue weighted by atomic mass is 16.7. The van der Waals surface area contributed by atoms with Crippen molar-refractivity contribution in [1.82, 2.24) is 15.1 Å². The van der Waals surface area contributed by atoms with Crippen LogP contribution in [0.15, 0.2) is 35.1 Å². The first-order valence-corrected chi connectivity index (χ1v) is 8.21. The quantitative estimate of drug-likeness (QED) is 0.862. The average molecular weight is 342 g/mol. The Morgan fingerprint density at radius 1 is 1.20 bits per heavy atom. The fraction of sp³-hybridized carbons (Fsp3) is 0.353. The monoisotopic (exact) mass is 342 g/mol. The van der Waals surface area contributed by atoms with E-state index in [-0.39, 0.29) is 18.4 Å². The van der Waals surface area contributed by atoms with Crippen molar-refractivity contribution in [1.29, 1.82) is 0 Å². The van der Waals surface area contributed by atoms with E-state index in [2.05, 4.69) is 15.7 Å². The number of benzene rings is 1. The van der Waals surface area contributed by atoms with Crippen molar-refractivity contribution >= 4 is 11.7 Å². The number of rotatable bonds is 5. The third-order valence-corrected chi connectivity index (χ3v) is 4.12. The second kappa shape index (κ2) is 6.46. The molecule has 0 unspecified atom stereocenters. The highest BCUT2D eigenvalue weighted by molar-refractivity contribution is 5.89. The van der Waals surface area contributed by atoms with E-state index in [0.29, 0.717) is 36.2 Å². The number of nitrogens with one attached hydrogen (secondary N) is 2. The second-order valence-electron chi connectivity index (χ2n) is 6.04. The second-order valence-corrected chi connectivity index (χ2v) is 6.04. The molecular weight excluding hydrogens is 324 g/mol. The lowest BCUT2D eigenvalue weighted by Gasteiger charge is -2.09. The Balaban J connectivity index is 1.30. The van der Waals surface area contributed by atoms with Gasteiger partial charge in [-0.05, 0) is 31.0 Å². The molecule has 1 aliphatic heterocycles. The first-order chi connectivity index (χ1) is 12.2. The van der Waals surface area contributed by atoms with Crippen LogP contribution in [-0.4, -0.2) is 29.1 Å². The third kappa shape index (κ3) is 3.57. The fourth-order valence-electron chi connectivity index (χ4n) is 2.65. The molecule has 1 aromatic carbocycles. The number of hydrogen-bond donors (Lipinski definition) is 2.